The quantitative estimate of drug-likeness (QED) is 0.451. The minimum absolute atomic E-state index is 0.0217. The van der Waals surface area contributed by atoms with Crippen LogP contribution in [0, 0.1) is 0 Å². The van der Waals surface area contributed by atoms with Crippen LogP contribution >= 0.6 is 0 Å². The van der Waals surface area contributed by atoms with E-state index in [2.05, 4.69) is 20.4 Å². The summed E-state index contributed by atoms with van der Waals surface area (Å²) >= 11 is 0. The summed E-state index contributed by atoms with van der Waals surface area (Å²) in [6.07, 6.45) is 4.25. The van der Waals surface area contributed by atoms with E-state index in [-0.39, 0.29) is 11.8 Å². The maximum absolute atomic E-state index is 12.6. The number of benzene rings is 1. The topological polar surface area (TPSA) is 103 Å². The number of carbonyl (C=O) groups excluding carboxylic acids is 2. The molecule has 0 bridgehead atoms. The number of anilines is 1. The minimum Gasteiger partial charge on any atom is -0.378 e. The zero-order chi connectivity index (χ0) is 23.5. The molecule has 2 aliphatic rings. The van der Waals surface area contributed by atoms with E-state index in [1.54, 1.807) is 17.4 Å². The van der Waals surface area contributed by atoms with Gasteiger partial charge in [0.25, 0.3) is 11.8 Å². The van der Waals surface area contributed by atoms with Crippen LogP contribution in [0.5, 0.6) is 0 Å². The fourth-order valence-electron chi connectivity index (χ4n) is 4.09. The lowest BCUT2D eigenvalue weighted by molar-refractivity contribution is 0.0303. The van der Waals surface area contributed by atoms with E-state index in [4.69, 9.17) is 4.74 Å². The zero-order valence-electron chi connectivity index (χ0n) is 19.0. The van der Waals surface area contributed by atoms with Crippen LogP contribution < -0.4 is 10.3 Å². The molecule has 34 heavy (non-hydrogen) atoms. The SMILES string of the molecule is CN(/N=C/c1ccc(C(=O)N2CCOCC2)cc1)c1cc(-c2cc3c([nH]2)CCNC3=O)ccn1. The first-order chi connectivity index (χ1) is 16.6. The largest absolute Gasteiger partial charge is 0.378 e. The fourth-order valence-corrected chi connectivity index (χ4v) is 4.09. The number of pyridine rings is 1. The first-order valence-corrected chi connectivity index (χ1v) is 11.3. The molecule has 2 amide bonds. The number of carbonyl (C=O) groups is 2. The van der Waals surface area contributed by atoms with Crippen LogP contribution in [0.2, 0.25) is 0 Å². The van der Waals surface area contributed by atoms with Crippen LogP contribution in [0.1, 0.15) is 32.0 Å². The minimum atomic E-state index is -0.0441. The molecule has 1 saturated heterocycles. The van der Waals surface area contributed by atoms with Crippen molar-refractivity contribution in [2.45, 2.75) is 6.42 Å². The van der Waals surface area contributed by atoms with Crippen LogP contribution in [0.25, 0.3) is 11.3 Å². The lowest BCUT2D eigenvalue weighted by atomic mass is 10.1. The highest BCUT2D eigenvalue weighted by molar-refractivity contribution is 5.98. The number of hydrogen-bond acceptors (Lipinski definition) is 6. The first kappa shape index (κ1) is 21.8. The molecule has 2 aromatic heterocycles. The van der Waals surface area contributed by atoms with Crippen LogP contribution in [0.4, 0.5) is 5.82 Å². The van der Waals surface area contributed by atoms with Gasteiger partial charge in [0.05, 0.1) is 25.0 Å². The monoisotopic (exact) mass is 458 g/mol. The Kier molecular flexibility index (Phi) is 6.09. The standard InChI is InChI=1S/C25H26N6O3/c1-30(28-16-17-2-4-18(5-3-17)25(33)31-10-12-34-13-11-31)23-14-19(6-8-26-23)22-15-20-21(29-22)7-9-27-24(20)32/h2-6,8,14-16,29H,7,9-13H2,1H3,(H,27,32)/b28-16+. The Bertz CT molecular complexity index is 1230. The highest BCUT2D eigenvalue weighted by atomic mass is 16.5. The van der Waals surface area contributed by atoms with Crippen molar-refractivity contribution in [3.05, 3.63) is 71.0 Å². The smallest absolute Gasteiger partial charge is 0.254 e. The number of rotatable bonds is 5. The van der Waals surface area contributed by atoms with Crippen LogP contribution in [-0.2, 0) is 11.2 Å². The summed E-state index contributed by atoms with van der Waals surface area (Å²) in [4.78, 5) is 34.2. The molecule has 174 valence electrons. The Labute approximate surface area is 197 Å². The third-order valence-corrected chi connectivity index (χ3v) is 6.03. The van der Waals surface area contributed by atoms with Gasteiger partial charge in [-0.3, -0.25) is 14.6 Å². The van der Waals surface area contributed by atoms with Gasteiger partial charge < -0.3 is 19.9 Å². The predicted octanol–water partition coefficient (Wildman–Crippen LogP) is 2.31. The normalized spacial score (nSPS) is 15.8. The fraction of sp³-hybridized carbons (Fsp3) is 0.280. The van der Waals surface area contributed by atoms with E-state index in [1.165, 1.54) is 0 Å². The first-order valence-electron chi connectivity index (χ1n) is 11.3. The number of hydrazone groups is 1. The molecule has 9 heteroatoms. The van der Waals surface area contributed by atoms with Gasteiger partial charge in [0.2, 0.25) is 0 Å². The number of aromatic amines is 1. The Balaban J connectivity index is 1.27. The highest BCUT2D eigenvalue weighted by Gasteiger charge is 2.20. The van der Waals surface area contributed by atoms with Crippen molar-refractivity contribution in [3.8, 4) is 11.3 Å². The lowest BCUT2D eigenvalue weighted by Crippen LogP contribution is -2.40. The Morgan fingerprint density at radius 1 is 1.18 bits per heavy atom. The van der Waals surface area contributed by atoms with Gasteiger partial charge in [-0.1, -0.05) is 12.1 Å². The third kappa shape index (κ3) is 4.55. The van der Waals surface area contributed by atoms with E-state index in [9.17, 15) is 9.59 Å². The molecule has 2 N–H and O–H groups in total. The van der Waals surface area contributed by atoms with Crippen LogP contribution in [0.3, 0.4) is 0 Å². The van der Waals surface area contributed by atoms with Gasteiger partial charge in [0.1, 0.15) is 5.82 Å². The van der Waals surface area contributed by atoms with E-state index >= 15 is 0 Å². The Morgan fingerprint density at radius 2 is 1.97 bits per heavy atom. The van der Waals surface area contributed by atoms with E-state index < -0.39 is 0 Å². The summed E-state index contributed by atoms with van der Waals surface area (Å²) < 4.78 is 5.31. The van der Waals surface area contributed by atoms with Crippen molar-refractivity contribution in [2.24, 2.45) is 5.10 Å². The van der Waals surface area contributed by atoms with Gasteiger partial charge >= 0.3 is 0 Å². The molecular formula is C25H26N6O3. The molecule has 1 aromatic carbocycles. The van der Waals surface area contributed by atoms with Crippen molar-refractivity contribution in [1.29, 1.82) is 0 Å². The summed E-state index contributed by atoms with van der Waals surface area (Å²) in [6.45, 7) is 3.06. The number of fused-ring (bicyclic) bond motifs is 1. The van der Waals surface area contributed by atoms with Gasteiger partial charge in [-0.25, -0.2) is 4.98 Å². The summed E-state index contributed by atoms with van der Waals surface area (Å²) in [5, 5.41) is 9.05. The number of nitrogens with one attached hydrogen (secondary N) is 2. The maximum atomic E-state index is 12.6. The lowest BCUT2D eigenvalue weighted by Gasteiger charge is -2.26. The van der Waals surface area contributed by atoms with Gasteiger partial charge in [-0.05, 0) is 35.9 Å². The molecule has 1 fully saturated rings. The molecule has 3 aromatic rings. The van der Waals surface area contributed by atoms with E-state index in [0.29, 0.717) is 49.8 Å². The van der Waals surface area contributed by atoms with E-state index in [0.717, 1.165) is 28.9 Å². The van der Waals surface area contributed by atoms with Crippen molar-refractivity contribution in [3.63, 3.8) is 0 Å². The number of H-pyrrole nitrogens is 1. The third-order valence-electron chi connectivity index (χ3n) is 6.03. The number of morpholine rings is 1. The Morgan fingerprint density at radius 3 is 2.74 bits per heavy atom. The number of amides is 2. The summed E-state index contributed by atoms with van der Waals surface area (Å²) in [6, 6.07) is 13.1. The maximum Gasteiger partial charge on any atom is 0.254 e. The predicted molar refractivity (Wildman–Crippen MR) is 129 cm³/mol. The van der Waals surface area contributed by atoms with Crippen molar-refractivity contribution >= 4 is 23.8 Å². The van der Waals surface area contributed by atoms with Crippen molar-refractivity contribution in [2.75, 3.05) is 44.9 Å². The molecule has 0 aliphatic carbocycles. The second-order valence-corrected chi connectivity index (χ2v) is 8.28. The van der Waals surface area contributed by atoms with Crippen LogP contribution in [0.15, 0.2) is 53.8 Å². The molecule has 0 unspecified atom stereocenters. The summed E-state index contributed by atoms with van der Waals surface area (Å²) in [5.41, 5.74) is 5.00. The van der Waals surface area contributed by atoms with Gasteiger partial charge in [0, 0.05) is 61.8 Å². The molecule has 5 rings (SSSR count). The molecule has 2 aliphatic heterocycles. The van der Waals surface area contributed by atoms with Crippen LogP contribution in [-0.4, -0.2) is 72.8 Å². The number of ether oxygens (including phenoxy) is 1. The number of aromatic nitrogens is 2. The molecule has 0 atom stereocenters. The number of nitrogens with zero attached hydrogens (tertiary/aromatic N) is 4. The number of hydrogen-bond donors (Lipinski definition) is 2. The van der Waals surface area contributed by atoms with Gasteiger partial charge in [-0.15, -0.1) is 0 Å². The van der Waals surface area contributed by atoms with Gasteiger partial charge in [0.15, 0.2) is 0 Å². The average molecular weight is 459 g/mol. The average Bonchev–Trinajstić information content (AvgIpc) is 3.34. The highest BCUT2D eigenvalue weighted by Crippen LogP contribution is 2.26. The summed E-state index contributed by atoms with van der Waals surface area (Å²) in [7, 11) is 1.83. The molecule has 0 saturated carbocycles. The van der Waals surface area contributed by atoms with Crippen molar-refractivity contribution < 1.29 is 14.3 Å². The van der Waals surface area contributed by atoms with E-state index in [1.807, 2.05) is 54.4 Å². The molecule has 4 heterocycles. The second-order valence-electron chi connectivity index (χ2n) is 8.28. The molecular weight excluding hydrogens is 432 g/mol. The molecule has 0 radical (unpaired) electrons. The molecule has 0 spiro atoms. The zero-order valence-corrected chi connectivity index (χ0v) is 19.0. The van der Waals surface area contributed by atoms with Crippen molar-refractivity contribution in [1.82, 2.24) is 20.2 Å². The van der Waals surface area contributed by atoms with Gasteiger partial charge in [-0.2, -0.15) is 5.10 Å². The second kappa shape index (κ2) is 9.48. The Hall–Kier alpha value is -3.98. The molecule has 9 nitrogen and oxygen atoms in total. The summed E-state index contributed by atoms with van der Waals surface area (Å²) in [5.74, 6) is 0.649.